The maximum atomic E-state index is 9.87. The molecule has 0 amide bonds. The molecule has 70 valence electrons. The molecule has 0 saturated heterocycles. The van der Waals surface area contributed by atoms with Crippen molar-refractivity contribution in [2.24, 2.45) is 11.8 Å². The molecular weight excluding hydrogens is 148 g/mol. The first-order chi connectivity index (χ1) is 5.40. The Balaban J connectivity index is 4.30. The number of allylic oxidation sites excluding steroid dienone is 1. The van der Waals surface area contributed by atoms with Crippen molar-refractivity contribution in [2.45, 2.75) is 33.3 Å². The normalized spacial score (nSPS) is 19.5. The maximum absolute atomic E-state index is 9.87. The Labute approximate surface area is 75.8 Å². The molecule has 0 heterocycles. The van der Waals surface area contributed by atoms with Gasteiger partial charge < -0.3 is 5.11 Å². The van der Waals surface area contributed by atoms with E-state index < -0.39 is 5.60 Å². The fraction of sp³-hybridized carbons (Fsp3) is 0.636. The molecule has 1 nitrogen and oxygen atoms in total. The molecule has 0 aromatic carbocycles. The molecule has 0 saturated carbocycles. The fourth-order valence-corrected chi connectivity index (χ4v) is 0.778. The van der Waals surface area contributed by atoms with Crippen molar-refractivity contribution in [3.8, 4) is 0 Å². The number of hydrogen-bond acceptors (Lipinski definition) is 1. The smallest absolute Gasteiger partial charge is 0.0859 e. The van der Waals surface area contributed by atoms with Crippen LogP contribution in [-0.4, -0.2) is 10.7 Å². The molecule has 0 aliphatic heterocycles. The summed E-state index contributed by atoms with van der Waals surface area (Å²) in [6, 6.07) is 0. The van der Waals surface area contributed by atoms with Crippen LogP contribution in [0.15, 0.2) is 24.8 Å². The van der Waals surface area contributed by atoms with Gasteiger partial charge in [0.2, 0.25) is 0 Å². The van der Waals surface area contributed by atoms with E-state index in [0.717, 1.165) is 0 Å². The Morgan fingerprint density at radius 3 is 2.17 bits per heavy atom. The molecule has 0 bridgehead atoms. The molecular formula is C11H20O. The van der Waals surface area contributed by atoms with E-state index >= 15 is 0 Å². The third-order valence-electron chi connectivity index (χ3n) is 2.09. The maximum Gasteiger partial charge on any atom is 0.0859 e. The van der Waals surface area contributed by atoms with Gasteiger partial charge in [0.05, 0.1) is 5.60 Å². The lowest BCUT2D eigenvalue weighted by molar-refractivity contribution is 0.0741. The molecule has 12 heavy (non-hydrogen) atoms. The van der Waals surface area contributed by atoms with Gasteiger partial charge in [-0.15, -0.1) is 6.58 Å². The van der Waals surface area contributed by atoms with Crippen LogP contribution in [0.1, 0.15) is 27.7 Å². The second kappa shape index (κ2) is 4.46. The summed E-state index contributed by atoms with van der Waals surface area (Å²) in [6.45, 7) is 11.6. The van der Waals surface area contributed by atoms with E-state index in [-0.39, 0.29) is 5.92 Å². The first-order valence-corrected chi connectivity index (χ1v) is 4.44. The van der Waals surface area contributed by atoms with E-state index in [9.17, 15) is 5.11 Å². The van der Waals surface area contributed by atoms with Crippen LogP contribution in [0.5, 0.6) is 0 Å². The first kappa shape index (κ1) is 11.4. The Bertz CT molecular complexity index is 166. The highest BCUT2D eigenvalue weighted by Crippen LogP contribution is 2.19. The zero-order chi connectivity index (χ0) is 9.78. The van der Waals surface area contributed by atoms with Gasteiger partial charge in [-0.3, -0.25) is 0 Å². The number of rotatable bonds is 4. The van der Waals surface area contributed by atoms with Crippen LogP contribution in [0.3, 0.4) is 0 Å². The first-order valence-electron chi connectivity index (χ1n) is 4.44. The largest absolute Gasteiger partial charge is 0.385 e. The Morgan fingerprint density at radius 2 is 1.83 bits per heavy atom. The third kappa shape index (κ3) is 3.72. The van der Waals surface area contributed by atoms with E-state index in [1.807, 2.05) is 19.1 Å². The monoisotopic (exact) mass is 168 g/mol. The highest BCUT2D eigenvalue weighted by molar-refractivity contribution is 5.05. The van der Waals surface area contributed by atoms with Gasteiger partial charge in [-0.25, -0.2) is 0 Å². The predicted octanol–water partition coefficient (Wildman–Crippen LogP) is 2.77. The van der Waals surface area contributed by atoms with Gasteiger partial charge in [-0.05, 0) is 12.8 Å². The van der Waals surface area contributed by atoms with Crippen LogP contribution in [0, 0.1) is 11.8 Å². The molecule has 0 aromatic heterocycles. The van der Waals surface area contributed by atoms with Gasteiger partial charge in [0.1, 0.15) is 0 Å². The minimum atomic E-state index is -0.758. The molecule has 0 aliphatic rings. The summed E-state index contributed by atoms with van der Waals surface area (Å²) < 4.78 is 0. The van der Waals surface area contributed by atoms with Gasteiger partial charge in [0, 0.05) is 5.92 Å². The second-order valence-corrected chi connectivity index (χ2v) is 3.85. The highest BCUT2D eigenvalue weighted by atomic mass is 16.3. The van der Waals surface area contributed by atoms with E-state index in [1.165, 1.54) is 0 Å². The quantitative estimate of drug-likeness (QED) is 0.640. The van der Waals surface area contributed by atoms with Gasteiger partial charge in [-0.2, -0.15) is 0 Å². The molecule has 1 N–H and O–H groups in total. The van der Waals surface area contributed by atoms with Gasteiger partial charge in [-0.1, -0.05) is 39.0 Å². The average Bonchev–Trinajstić information content (AvgIpc) is 1.99. The van der Waals surface area contributed by atoms with E-state index in [0.29, 0.717) is 5.92 Å². The van der Waals surface area contributed by atoms with Crippen LogP contribution in [0.4, 0.5) is 0 Å². The van der Waals surface area contributed by atoms with Crippen molar-refractivity contribution in [2.75, 3.05) is 0 Å². The van der Waals surface area contributed by atoms with E-state index in [2.05, 4.69) is 20.4 Å². The lowest BCUT2D eigenvalue weighted by Gasteiger charge is -2.24. The topological polar surface area (TPSA) is 20.2 Å². The SMILES string of the molecule is C=C[C@H](C)[C@](C)(O)/C=C/C(C)C. The molecule has 1 heteroatoms. The molecule has 0 aromatic rings. The number of aliphatic hydroxyl groups is 1. The van der Waals surface area contributed by atoms with Crippen molar-refractivity contribution >= 4 is 0 Å². The van der Waals surface area contributed by atoms with Crippen LogP contribution in [0.2, 0.25) is 0 Å². The molecule has 0 radical (unpaired) electrons. The van der Waals surface area contributed by atoms with Crippen molar-refractivity contribution in [1.29, 1.82) is 0 Å². The third-order valence-corrected chi connectivity index (χ3v) is 2.09. The van der Waals surface area contributed by atoms with E-state index in [1.54, 1.807) is 13.0 Å². The average molecular weight is 168 g/mol. The minimum Gasteiger partial charge on any atom is -0.385 e. The highest BCUT2D eigenvalue weighted by Gasteiger charge is 2.22. The Hall–Kier alpha value is -0.560. The van der Waals surface area contributed by atoms with Gasteiger partial charge >= 0.3 is 0 Å². The summed E-state index contributed by atoms with van der Waals surface area (Å²) in [5.41, 5.74) is -0.758. The molecule has 2 atom stereocenters. The Kier molecular flexibility index (Phi) is 4.25. The lowest BCUT2D eigenvalue weighted by atomic mass is 9.90. The van der Waals surface area contributed by atoms with Gasteiger partial charge in [0.15, 0.2) is 0 Å². The summed E-state index contributed by atoms with van der Waals surface area (Å²) in [6.07, 6.45) is 5.63. The van der Waals surface area contributed by atoms with Gasteiger partial charge in [0.25, 0.3) is 0 Å². The second-order valence-electron chi connectivity index (χ2n) is 3.85. The number of hydrogen-bond donors (Lipinski definition) is 1. The van der Waals surface area contributed by atoms with Crippen LogP contribution < -0.4 is 0 Å². The molecule has 0 unspecified atom stereocenters. The van der Waals surface area contributed by atoms with Crippen LogP contribution in [0.25, 0.3) is 0 Å². The zero-order valence-corrected chi connectivity index (χ0v) is 8.54. The standard InChI is InChI=1S/C11H20O/c1-6-10(4)11(5,12)8-7-9(2)3/h6-10,12H,1H2,2-5H3/b8-7+/t10-,11+/m0/s1. The summed E-state index contributed by atoms with van der Waals surface area (Å²) in [5.74, 6) is 0.570. The molecule has 0 aliphatic carbocycles. The van der Waals surface area contributed by atoms with Crippen molar-refractivity contribution in [1.82, 2.24) is 0 Å². The summed E-state index contributed by atoms with van der Waals surface area (Å²) in [7, 11) is 0. The van der Waals surface area contributed by atoms with Crippen molar-refractivity contribution in [3.05, 3.63) is 24.8 Å². The van der Waals surface area contributed by atoms with Crippen LogP contribution in [-0.2, 0) is 0 Å². The molecule has 0 fully saturated rings. The van der Waals surface area contributed by atoms with E-state index in [4.69, 9.17) is 0 Å². The van der Waals surface area contributed by atoms with Crippen LogP contribution >= 0.6 is 0 Å². The summed E-state index contributed by atoms with van der Waals surface area (Å²) in [5, 5.41) is 9.87. The predicted molar refractivity (Wildman–Crippen MR) is 54.0 cm³/mol. The molecule has 0 spiro atoms. The summed E-state index contributed by atoms with van der Waals surface area (Å²) >= 11 is 0. The van der Waals surface area contributed by atoms with Crippen molar-refractivity contribution in [3.63, 3.8) is 0 Å². The fourth-order valence-electron chi connectivity index (χ4n) is 0.778. The zero-order valence-electron chi connectivity index (χ0n) is 8.54. The molecule has 0 rings (SSSR count). The summed E-state index contributed by atoms with van der Waals surface area (Å²) in [4.78, 5) is 0. The lowest BCUT2D eigenvalue weighted by Crippen LogP contribution is -2.28. The minimum absolute atomic E-state index is 0.0903. The van der Waals surface area contributed by atoms with Crippen molar-refractivity contribution < 1.29 is 5.11 Å². The Morgan fingerprint density at radius 1 is 1.33 bits per heavy atom.